The topological polar surface area (TPSA) is 56.4 Å². The molecule has 0 aromatic carbocycles. The number of likely N-dealkylation sites (tertiary alicyclic amines) is 1. The van der Waals surface area contributed by atoms with Gasteiger partial charge in [-0.3, -0.25) is 10.3 Å². The Morgan fingerprint density at radius 2 is 2.31 bits per heavy atom. The van der Waals surface area contributed by atoms with Crippen LogP contribution in [0.4, 0.5) is 0 Å². The molecule has 1 atom stereocenters. The first kappa shape index (κ1) is 10.5. The summed E-state index contributed by atoms with van der Waals surface area (Å²) in [6, 6.07) is 0.596. The van der Waals surface area contributed by atoms with E-state index in [9.17, 15) is 0 Å². The van der Waals surface area contributed by atoms with Crippen LogP contribution in [0.5, 0.6) is 0 Å². The van der Waals surface area contributed by atoms with E-state index in [4.69, 9.17) is 11.1 Å². The third-order valence-corrected chi connectivity index (χ3v) is 2.45. The normalized spacial score (nSPS) is 24.1. The second-order valence-corrected chi connectivity index (χ2v) is 4.05. The molecule has 1 aliphatic rings. The molecule has 0 spiro atoms. The Morgan fingerprint density at radius 3 is 2.85 bits per heavy atom. The van der Waals surface area contributed by atoms with Gasteiger partial charge in [0.15, 0.2) is 0 Å². The van der Waals surface area contributed by atoms with Crippen LogP contribution in [0.3, 0.4) is 0 Å². The second kappa shape index (κ2) is 4.58. The van der Waals surface area contributed by atoms with Crippen LogP contribution >= 0.6 is 0 Å². The fraction of sp³-hybridized carbons (Fsp3) is 0.889. The quantitative estimate of drug-likeness (QED) is 0.476. The predicted octanol–water partition coefficient (Wildman–Crippen LogP) is -0.0516. The first-order valence-electron chi connectivity index (χ1n) is 4.81. The molecule has 0 bridgehead atoms. The van der Waals surface area contributed by atoms with Crippen LogP contribution in [0.2, 0.25) is 0 Å². The average molecular weight is 184 g/mol. The molecule has 4 nitrogen and oxygen atoms in total. The number of nitrogens with one attached hydrogen (secondary N) is 1. The fourth-order valence-corrected chi connectivity index (χ4v) is 1.95. The molecule has 1 aliphatic heterocycles. The Balaban J connectivity index is 2.39. The Hall–Kier alpha value is -0.610. The summed E-state index contributed by atoms with van der Waals surface area (Å²) >= 11 is 0. The van der Waals surface area contributed by atoms with Gasteiger partial charge < -0.3 is 10.6 Å². The Labute approximate surface area is 80.2 Å². The standard InChI is InChI=1S/C9H20N4/c1-12(2)6-8-4-3-5-13(8)7-9(10)11/h8H,3-7H2,1-2H3,(H3,10,11). The van der Waals surface area contributed by atoms with Gasteiger partial charge in [0.25, 0.3) is 0 Å². The molecule has 0 radical (unpaired) electrons. The highest BCUT2D eigenvalue weighted by molar-refractivity contribution is 5.79. The molecule has 4 heteroatoms. The van der Waals surface area contributed by atoms with E-state index in [2.05, 4.69) is 23.9 Å². The minimum absolute atomic E-state index is 0.283. The van der Waals surface area contributed by atoms with Gasteiger partial charge in [-0.15, -0.1) is 0 Å². The molecule has 0 aromatic heterocycles. The van der Waals surface area contributed by atoms with E-state index in [1.54, 1.807) is 0 Å². The van der Waals surface area contributed by atoms with Crippen molar-refractivity contribution in [3.63, 3.8) is 0 Å². The van der Waals surface area contributed by atoms with E-state index < -0.39 is 0 Å². The summed E-state index contributed by atoms with van der Waals surface area (Å²) in [7, 11) is 4.18. The molecule has 13 heavy (non-hydrogen) atoms. The molecule has 1 saturated heterocycles. The third-order valence-electron chi connectivity index (χ3n) is 2.45. The number of rotatable bonds is 4. The zero-order valence-electron chi connectivity index (χ0n) is 8.58. The summed E-state index contributed by atoms with van der Waals surface area (Å²) in [5.74, 6) is 0.283. The van der Waals surface area contributed by atoms with Crippen LogP contribution in [0.1, 0.15) is 12.8 Å². The summed E-state index contributed by atoms with van der Waals surface area (Å²) in [5, 5.41) is 7.25. The molecule has 1 rings (SSSR count). The van der Waals surface area contributed by atoms with Crippen molar-refractivity contribution in [2.24, 2.45) is 5.73 Å². The average Bonchev–Trinajstić information content (AvgIpc) is 2.34. The molecule has 0 aliphatic carbocycles. The van der Waals surface area contributed by atoms with Crippen LogP contribution in [-0.2, 0) is 0 Å². The van der Waals surface area contributed by atoms with Crippen molar-refractivity contribution in [3.8, 4) is 0 Å². The molecule has 1 fully saturated rings. The van der Waals surface area contributed by atoms with Gasteiger partial charge in [0.05, 0.1) is 6.54 Å². The highest BCUT2D eigenvalue weighted by Gasteiger charge is 2.24. The molecular formula is C9H20N4. The minimum Gasteiger partial charge on any atom is -0.387 e. The Morgan fingerprint density at radius 1 is 1.62 bits per heavy atom. The molecule has 1 unspecified atom stereocenters. The van der Waals surface area contributed by atoms with E-state index in [-0.39, 0.29) is 5.84 Å². The maximum atomic E-state index is 7.25. The van der Waals surface area contributed by atoms with Gasteiger partial charge in [0.2, 0.25) is 0 Å². The lowest BCUT2D eigenvalue weighted by atomic mass is 10.2. The number of nitrogens with zero attached hydrogens (tertiary/aromatic N) is 2. The first-order chi connectivity index (χ1) is 6.09. The third kappa shape index (κ3) is 3.32. The summed E-state index contributed by atoms with van der Waals surface area (Å²) in [4.78, 5) is 4.51. The number of hydrogen-bond acceptors (Lipinski definition) is 3. The van der Waals surface area contributed by atoms with Gasteiger partial charge in [-0.05, 0) is 33.5 Å². The maximum absolute atomic E-state index is 7.25. The number of amidine groups is 1. The Kier molecular flexibility index (Phi) is 3.69. The smallest absolute Gasteiger partial charge is 0.105 e. The maximum Gasteiger partial charge on any atom is 0.105 e. The molecule has 76 valence electrons. The monoisotopic (exact) mass is 184 g/mol. The van der Waals surface area contributed by atoms with Crippen LogP contribution in [0.15, 0.2) is 0 Å². The molecule has 3 N–H and O–H groups in total. The van der Waals surface area contributed by atoms with E-state index in [1.165, 1.54) is 12.8 Å². The van der Waals surface area contributed by atoms with Crippen molar-refractivity contribution in [1.29, 1.82) is 5.41 Å². The van der Waals surface area contributed by atoms with E-state index in [0.717, 1.165) is 13.1 Å². The van der Waals surface area contributed by atoms with Gasteiger partial charge in [0.1, 0.15) is 5.84 Å². The zero-order valence-corrected chi connectivity index (χ0v) is 8.58. The summed E-state index contributed by atoms with van der Waals surface area (Å²) in [5.41, 5.74) is 5.39. The van der Waals surface area contributed by atoms with Crippen molar-refractivity contribution >= 4 is 5.84 Å². The van der Waals surface area contributed by atoms with Crippen molar-refractivity contribution in [2.45, 2.75) is 18.9 Å². The SMILES string of the molecule is CN(C)CC1CCCN1CC(=N)N. The Bertz CT molecular complexity index is 178. The minimum atomic E-state index is 0.283. The van der Waals surface area contributed by atoms with E-state index in [0.29, 0.717) is 12.6 Å². The molecule has 0 aromatic rings. The van der Waals surface area contributed by atoms with E-state index in [1.807, 2.05) is 0 Å². The summed E-state index contributed by atoms with van der Waals surface area (Å²) in [6.45, 7) is 2.81. The predicted molar refractivity (Wildman–Crippen MR) is 55.1 cm³/mol. The molecule has 1 heterocycles. The summed E-state index contributed by atoms with van der Waals surface area (Å²) in [6.07, 6.45) is 2.48. The second-order valence-electron chi connectivity index (χ2n) is 4.05. The van der Waals surface area contributed by atoms with Gasteiger partial charge >= 0.3 is 0 Å². The van der Waals surface area contributed by atoms with Gasteiger partial charge in [-0.1, -0.05) is 0 Å². The first-order valence-corrected chi connectivity index (χ1v) is 4.81. The van der Waals surface area contributed by atoms with Crippen LogP contribution in [0, 0.1) is 5.41 Å². The van der Waals surface area contributed by atoms with E-state index >= 15 is 0 Å². The number of hydrogen-bond donors (Lipinski definition) is 2. The zero-order chi connectivity index (χ0) is 9.84. The van der Waals surface area contributed by atoms with Gasteiger partial charge in [0, 0.05) is 12.6 Å². The lowest BCUT2D eigenvalue weighted by Crippen LogP contribution is -2.41. The molecule has 0 saturated carbocycles. The van der Waals surface area contributed by atoms with Crippen LogP contribution in [-0.4, -0.2) is 55.4 Å². The number of likely N-dealkylation sites (N-methyl/N-ethyl adjacent to an activating group) is 1. The summed E-state index contributed by atoms with van der Waals surface area (Å²) < 4.78 is 0. The van der Waals surface area contributed by atoms with Crippen molar-refractivity contribution in [1.82, 2.24) is 9.80 Å². The lowest BCUT2D eigenvalue weighted by Gasteiger charge is -2.26. The van der Waals surface area contributed by atoms with Gasteiger partial charge in [-0.25, -0.2) is 0 Å². The van der Waals surface area contributed by atoms with Crippen molar-refractivity contribution < 1.29 is 0 Å². The van der Waals surface area contributed by atoms with Crippen LogP contribution < -0.4 is 5.73 Å². The van der Waals surface area contributed by atoms with Crippen molar-refractivity contribution in [3.05, 3.63) is 0 Å². The van der Waals surface area contributed by atoms with Crippen LogP contribution in [0.25, 0.3) is 0 Å². The largest absolute Gasteiger partial charge is 0.387 e. The lowest BCUT2D eigenvalue weighted by molar-refractivity contribution is 0.229. The molecule has 0 amide bonds. The number of nitrogens with two attached hydrogens (primary N) is 1. The highest BCUT2D eigenvalue weighted by Crippen LogP contribution is 2.16. The van der Waals surface area contributed by atoms with Crippen molar-refractivity contribution in [2.75, 3.05) is 33.7 Å². The van der Waals surface area contributed by atoms with Gasteiger partial charge in [-0.2, -0.15) is 0 Å². The molecular weight excluding hydrogens is 164 g/mol. The highest BCUT2D eigenvalue weighted by atomic mass is 15.2. The fourth-order valence-electron chi connectivity index (χ4n) is 1.95.